The first-order chi connectivity index (χ1) is 21.5. The molecule has 45 heavy (non-hydrogen) atoms. The monoisotopic (exact) mass is 623 g/mol. The summed E-state index contributed by atoms with van der Waals surface area (Å²) in [7, 11) is 0. The summed E-state index contributed by atoms with van der Waals surface area (Å²) >= 11 is 0. The Morgan fingerprint density at radius 3 is 2.42 bits per heavy atom. The van der Waals surface area contributed by atoms with Gasteiger partial charge in [-0.3, -0.25) is 4.79 Å². The number of aromatic nitrogens is 1. The molecule has 0 saturated carbocycles. The highest BCUT2D eigenvalue weighted by molar-refractivity contribution is 5.89. The van der Waals surface area contributed by atoms with Gasteiger partial charge in [-0.2, -0.15) is 13.2 Å². The second-order valence-corrected chi connectivity index (χ2v) is 10.4. The number of benzene rings is 3. The quantitative estimate of drug-likeness (QED) is 0.160. The summed E-state index contributed by atoms with van der Waals surface area (Å²) in [6, 6.07) is 19.1. The van der Waals surface area contributed by atoms with Crippen LogP contribution in [-0.4, -0.2) is 41.2 Å². The van der Waals surface area contributed by atoms with Crippen LogP contribution < -0.4 is 15.4 Å². The summed E-state index contributed by atoms with van der Waals surface area (Å²) in [6.07, 6.45) is -3.52. The van der Waals surface area contributed by atoms with E-state index in [1.165, 1.54) is 6.07 Å². The Bertz CT molecular complexity index is 1670. The SMILES string of the molecule is O=C(Cc1ccc(-c2cccc(OCc3ccc(C(F)(F)F)cc3F)n2)cc1)NCc1ccc(C(=O)O)cc1NCC1CCO1. The first-order valence-corrected chi connectivity index (χ1v) is 14.1. The number of carboxylic acids is 1. The minimum atomic E-state index is -4.64. The van der Waals surface area contributed by atoms with Crippen LogP contribution in [-0.2, 0) is 35.3 Å². The third kappa shape index (κ3) is 8.36. The van der Waals surface area contributed by atoms with Gasteiger partial charge in [-0.1, -0.05) is 42.5 Å². The lowest BCUT2D eigenvalue weighted by Crippen LogP contribution is -2.34. The summed E-state index contributed by atoms with van der Waals surface area (Å²) in [5.41, 5.74) is 2.43. The number of pyridine rings is 1. The van der Waals surface area contributed by atoms with Gasteiger partial charge in [-0.15, -0.1) is 0 Å². The third-order valence-corrected chi connectivity index (χ3v) is 7.24. The zero-order valence-electron chi connectivity index (χ0n) is 23.9. The Kier molecular flexibility index (Phi) is 9.62. The van der Waals surface area contributed by atoms with Crippen molar-refractivity contribution >= 4 is 17.6 Å². The van der Waals surface area contributed by atoms with E-state index in [1.807, 2.05) is 0 Å². The molecule has 1 fully saturated rings. The van der Waals surface area contributed by atoms with E-state index in [2.05, 4.69) is 15.6 Å². The van der Waals surface area contributed by atoms with Crippen LogP contribution in [0.3, 0.4) is 0 Å². The van der Waals surface area contributed by atoms with Gasteiger partial charge in [0.1, 0.15) is 12.4 Å². The lowest BCUT2D eigenvalue weighted by atomic mass is 10.1. The number of carboxylic acid groups (broad SMARTS) is 1. The predicted molar refractivity (Wildman–Crippen MR) is 157 cm³/mol. The van der Waals surface area contributed by atoms with Crippen LogP contribution in [0.2, 0.25) is 0 Å². The number of nitrogens with one attached hydrogen (secondary N) is 2. The highest BCUT2D eigenvalue weighted by atomic mass is 19.4. The zero-order valence-corrected chi connectivity index (χ0v) is 23.9. The van der Waals surface area contributed by atoms with Crippen LogP contribution in [0.5, 0.6) is 5.88 Å². The largest absolute Gasteiger partial charge is 0.478 e. The third-order valence-electron chi connectivity index (χ3n) is 7.24. The first kappa shape index (κ1) is 31.5. The molecular formula is C33H29F4N3O5. The number of amides is 1. The van der Waals surface area contributed by atoms with Gasteiger partial charge >= 0.3 is 12.1 Å². The van der Waals surface area contributed by atoms with Gasteiger partial charge in [0.15, 0.2) is 0 Å². The van der Waals surface area contributed by atoms with Crippen molar-refractivity contribution in [1.82, 2.24) is 10.3 Å². The van der Waals surface area contributed by atoms with Gasteiger partial charge < -0.3 is 25.2 Å². The Labute approximate surface area is 256 Å². The van der Waals surface area contributed by atoms with Crippen LogP contribution in [0.1, 0.15) is 39.0 Å². The van der Waals surface area contributed by atoms with Gasteiger partial charge in [0, 0.05) is 42.6 Å². The second kappa shape index (κ2) is 13.8. The summed E-state index contributed by atoms with van der Waals surface area (Å²) in [4.78, 5) is 28.5. The maximum Gasteiger partial charge on any atom is 0.416 e. The van der Waals surface area contributed by atoms with Gasteiger partial charge in [0.25, 0.3) is 0 Å². The molecule has 0 aliphatic carbocycles. The predicted octanol–water partition coefficient (Wildman–Crippen LogP) is 6.24. The van der Waals surface area contributed by atoms with Crippen LogP contribution in [0.4, 0.5) is 23.2 Å². The zero-order chi connectivity index (χ0) is 32.0. The number of halogens is 4. The molecule has 234 valence electrons. The lowest BCUT2D eigenvalue weighted by molar-refractivity contribution is -0.137. The number of ether oxygens (including phenoxy) is 2. The molecule has 1 aromatic heterocycles. The maximum atomic E-state index is 14.2. The summed E-state index contributed by atoms with van der Waals surface area (Å²) in [5.74, 6) is -2.11. The summed E-state index contributed by atoms with van der Waals surface area (Å²) in [5, 5.41) is 15.5. The standard InChI is InChI=1S/C33H29F4N3O5/c34-27-16-25(33(35,36)37)11-10-24(27)19-45-31-3-1-2-28(40-31)21-6-4-20(5-7-21)14-30(41)39-17-23-9-8-22(32(42)43)15-29(23)38-18-26-12-13-44-26/h1-11,15-16,26,38H,12-14,17-19H2,(H,39,41)(H,42,43). The van der Waals surface area contributed by atoms with Crippen molar-refractivity contribution in [3.63, 3.8) is 0 Å². The van der Waals surface area contributed by atoms with Crippen molar-refractivity contribution in [2.24, 2.45) is 0 Å². The number of hydrogen-bond donors (Lipinski definition) is 3. The van der Waals surface area contributed by atoms with E-state index in [9.17, 15) is 32.3 Å². The Morgan fingerprint density at radius 2 is 1.76 bits per heavy atom. The molecular weight excluding hydrogens is 594 g/mol. The molecule has 3 aromatic carbocycles. The molecule has 1 aliphatic rings. The number of hydrogen-bond acceptors (Lipinski definition) is 6. The van der Waals surface area contributed by atoms with E-state index in [-0.39, 0.29) is 48.6 Å². The summed E-state index contributed by atoms with van der Waals surface area (Å²) < 4.78 is 63.5. The van der Waals surface area contributed by atoms with Crippen molar-refractivity contribution in [3.05, 3.63) is 112 Å². The number of aromatic carboxylic acids is 1. The lowest BCUT2D eigenvalue weighted by Gasteiger charge is -2.27. The molecule has 0 radical (unpaired) electrons. The van der Waals surface area contributed by atoms with E-state index >= 15 is 0 Å². The molecule has 3 N–H and O–H groups in total. The van der Waals surface area contributed by atoms with E-state index in [0.29, 0.717) is 30.6 Å². The molecule has 1 atom stereocenters. The molecule has 4 aromatic rings. The Hall–Kier alpha value is -4.97. The van der Waals surface area contributed by atoms with Crippen molar-refractivity contribution in [2.45, 2.75) is 38.3 Å². The average molecular weight is 624 g/mol. The van der Waals surface area contributed by atoms with E-state index in [1.54, 1.807) is 54.6 Å². The minimum absolute atomic E-state index is 0.0362. The smallest absolute Gasteiger partial charge is 0.416 e. The molecule has 1 aliphatic heterocycles. The normalized spacial score (nSPS) is 14.4. The maximum absolute atomic E-state index is 14.2. The van der Waals surface area contributed by atoms with Crippen molar-refractivity contribution < 1.29 is 41.7 Å². The number of anilines is 1. The summed E-state index contributed by atoms with van der Waals surface area (Å²) in [6.45, 7) is 1.15. The number of carbonyl (C=O) groups is 2. The van der Waals surface area contributed by atoms with Crippen LogP contribution in [0.15, 0.2) is 78.9 Å². The molecule has 1 saturated heterocycles. The van der Waals surface area contributed by atoms with Crippen molar-refractivity contribution in [2.75, 3.05) is 18.5 Å². The van der Waals surface area contributed by atoms with Gasteiger partial charge in [-0.05, 0) is 47.9 Å². The number of nitrogens with zero attached hydrogens (tertiary/aromatic N) is 1. The van der Waals surface area contributed by atoms with Gasteiger partial charge in [0.2, 0.25) is 11.8 Å². The molecule has 5 rings (SSSR count). The molecule has 2 heterocycles. The highest BCUT2D eigenvalue weighted by Crippen LogP contribution is 2.30. The van der Waals surface area contributed by atoms with E-state index < -0.39 is 23.5 Å². The number of alkyl halides is 3. The fourth-order valence-electron chi connectivity index (χ4n) is 4.58. The molecule has 1 unspecified atom stereocenters. The Balaban J connectivity index is 1.16. The average Bonchev–Trinajstić information content (AvgIpc) is 2.99. The van der Waals surface area contributed by atoms with E-state index in [0.717, 1.165) is 35.2 Å². The van der Waals surface area contributed by atoms with Crippen molar-refractivity contribution in [3.8, 4) is 17.1 Å². The highest BCUT2D eigenvalue weighted by Gasteiger charge is 2.31. The molecule has 1 amide bonds. The van der Waals surface area contributed by atoms with Crippen LogP contribution in [0.25, 0.3) is 11.3 Å². The minimum Gasteiger partial charge on any atom is -0.478 e. The van der Waals surface area contributed by atoms with Gasteiger partial charge in [-0.25, -0.2) is 14.2 Å². The Morgan fingerprint density at radius 1 is 1.00 bits per heavy atom. The van der Waals surface area contributed by atoms with Gasteiger partial charge in [0.05, 0.1) is 29.3 Å². The molecule has 12 heteroatoms. The fraction of sp³-hybridized carbons (Fsp3) is 0.242. The second-order valence-electron chi connectivity index (χ2n) is 10.4. The van der Waals surface area contributed by atoms with Crippen LogP contribution in [0, 0.1) is 5.82 Å². The molecule has 8 nitrogen and oxygen atoms in total. The molecule has 0 spiro atoms. The number of rotatable bonds is 12. The van der Waals surface area contributed by atoms with Crippen LogP contribution >= 0.6 is 0 Å². The fourth-order valence-corrected chi connectivity index (χ4v) is 4.58. The molecule has 0 bridgehead atoms. The first-order valence-electron chi connectivity index (χ1n) is 14.1. The number of carbonyl (C=O) groups excluding carboxylic acids is 1. The topological polar surface area (TPSA) is 110 Å². The van der Waals surface area contributed by atoms with Crippen molar-refractivity contribution in [1.29, 1.82) is 0 Å². The van der Waals surface area contributed by atoms with E-state index in [4.69, 9.17) is 9.47 Å².